The second kappa shape index (κ2) is 7.25. The lowest BCUT2D eigenvalue weighted by Gasteiger charge is -2.05. The van der Waals surface area contributed by atoms with Crippen LogP contribution in [0.5, 0.6) is 0 Å². The van der Waals surface area contributed by atoms with Gasteiger partial charge in [-0.3, -0.25) is 0 Å². The first-order valence-electron chi connectivity index (χ1n) is 6.97. The average molecular weight is 415 g/mol. The fourth-order valence-electron chi connectivity index (χ4n) is 1.99. The molecule has 0 unspecified atom stereocenters. The Morgan fingerprint density at radius 3 is 2.48 bits per heavy atom. The molecule has 10 heteroatoms. The Morgan fingerprint density at radius 1 is 1.08 bits per heavy atom. The van der Waals surface area contributed by atoms with E-state index in [1.54, 1.807) is 24.3 Å². The third-order valence-corrected chi connectivity index (χ3v) is 6.15. The predicted molar refractivity (Wildman–Crippen MR) is 99.5 cm³/mol. The van der Waals surface area contributed by atoms with Crippen molar-refractivity contribution in [2.45, 2.75) is 15.8 Å². The van der Waals surface area contributed by atoms with Gasteiger partial charge < -0.3 is 5.73 Å². The average Bonchev–Trinajstić information content (AvgIpc) is 2.96. The van der Waals surface area contributed by atoms with E-state index in [2.05, 4.69) is 10.1 Å². The van der Waals surface area contributed by atoms with Gasteiger partial charge in [-0.2, -0.15) is 13.4 Å². The van der Waals surface area contributed by atoms with Gasteiger partial charge in [-0.1, -0.05) is 53.2 Å². The molecule has 0 aliphatic heterocycles. The summed E-state index contributed by atoms with van der Waals surface area (Å²) >= 11 is 13.0. The first-order valence-corrected chi connectivity index (χ1v) is 10.2. The lowest BCUT2D eigenvalue weighted by molar-refractivity contribution is 0.579. The molecule has 1 aromatic heterocycles. The van der Waals surface area contributed by atoms with Crippen LogP contribution in [-0.4, -0.2) is 22.6 Å². The molecule has 0 spiro atoms. The van der Waals surface area contributed by atoms with Crippen LogP contribution in [0.2, 0.25) is 10.0 Å². The van der Waals surface area contributed by atoms with Crippen LogP contribution in [-0.2, 0) is 15.8 Å². The zero-order chi connectivity index (χ0) is 18.0. The first kappa shape index (κ1) is 18.1. The standard InChI is InChI=1S/C15H12Cl2N4O2S2/c16-11-6-4-10(5-7-11)9-24-15-19-14(18)21(20-15)25(22,23)13-3-1-2-12(17)8-13/h1-8H,9H2,(H2,18,19,20). The maximum absolute atomic E-state index is 12.6. The number of halogens is 2. The predicted octanol–water partition coefficient (Wildman–Crippen LogP) is 3.70. The quantitative estimate of drug-likeness (QED) is 0.639. The van der Waals surface area contributed by atoms with Crippen molar-refractivity contribution in [2.24, 2.45) is 0 Å². The number of hydrogen-bond acceptors (Lipinski definition) is 6. The normalized spacial score (nSPS) is 11.6. The number of nitrogen functional groups attached to an aromatic ring is 1. The number of rotatable bonds is 5. The molecule has 2 aromatic carbocycles. The highest BCUT2D eigenvalue weighted by Gasteiger charge is 2.23. The number of anilines is 1. The molecule has 0 aliphatic rings. The van der Waals surface area contributed by atoms with Crippen LogP contribution in [0, 0.1) is 0 Å². The van der Waals surface area contributed by atoms with Crippen molar-refractivity contribution >= 4 is 50.9 Å². The van der Waals surface area contributed by atoms with Crippen molar-refractivity contribution in [3.63, 3.8) is 0 Å². The van der Waals surface area contributed by atoms with Crippen LogP contribution in [0.3, 0.4) is 0 Å². The summed E-state index contributed by atoms with van der Waals surface area (Å²) in [6, 6.07) is 13.2. The first-order chi connectivity index (χ1) is 11.9. The summed E-state index contributed by atoms with van der Waals surface area (Å²) in [4.78, 5) is 4.00. The Kier molecular flexibility index (Phi) is 5.24. The molecule has 0 saturated heterocycles. The summed E-state index contributed by atoms with van der Waals surface area (Å²) in [6.07, 6.45) is 0. The number of nitrogens with two attached hydrogens (primary N) is 1. The summed E-state index contributed by atoms with van der Waals surface area (Å²) in [5.74, 6) is 0.344. The number of aromatic nitrogens is 3. The van der Waals surface area contributed by atoms with Gasteiger partial charge in [-0.05, 0) is 35.9 Å². The van der Waals surface area contributed by atoms with Crippen molar-refractivity contribution < 1.29 is 8.42 Å². The molecule has 2 N–H and O–H groups in total. The fraction of sp³-hybridized carbons (Fsp3) is 0.0667. The Balaban J connectivity index is 1.83. The van der Waals surface area contributed by atoms with Crippen LogP contribution >= 0.6 is 35.0 Å². The molecule has 3 aromatic rings. The lowest BCUT2D eigenvalue weighted by atomic mass is 10.2. The van der Waals surface area contributed by atoms with Crippen LogP contribution in [0.25, 0.3) is 0 Å². The van der Waals surface area contributed by atoms with Gasteiger partial charge in [-0.25, -0.2) is 0 Å². The van der Waals surface area contributed by atoms with Gasteiger partial charge in [-0.15, -0.1) is 9.19 Å². The Bertz CT molecular complexity index is 1000. The maximum atomic E-state index is 12.6. The maximum Gasteiger partial charge on any atom is 0.286 e. The van der Waals surface area contributed by atoms with E-state index in [4.69, 9.17) is 28.9 Å². The minimum absolute atomic E-state index is 0.00847. The van der Waals surface area contributed by atoms with Gasteiger partial charge in [0.1, 0.15) is 0 Å². The zero-order valence-corrected chi connectivity index (χ0v) is 15.8. The van der Waals surface area contributed by atoms with Crippen molar-refractivity contribution in [3.8, 4) is 0 Å². The molecule has 1 heterocycles. The fourth-order valence-corrected chi connectivity index (χ4v) is 4.40. The molecule has 0 radical (unpaired) electrons. The van der Waals surface area contributed by atoms with E-state index in [-0.39, 0.29) is 16.0 Å². The van der Waals surface area contributed by atoms with Gasteiger partial charge in [0.2, 0.25) is 11.1 Å². The van der Waals surface area contributed by atoms with Crippen LogP contribution in [0.4, 0.5) is 5.95 Å². The number of hydrogen-bond donors (Lipinski definition) is 1. The van der Waals surface area contributed by atoms with Crippen molar-refractivity contribution in [3.05, 3.63) is 64.1 Å². The Hall–Kier alpha value is -1.74. The van der Waals surface area contributed by atoms with Crippen LogP contribution in [0.1, 0.15) is 5.56 Å². The molecule has 25 heavy (non-hydrogen) atoms. The highest BCUT2D eigenvalue weighted by molar-refractivity contribution is 7.98. The Labute approximate surface area is 159 Å². The van der Waals surface area contributed by atoms with Gasteiger partial charge in [0.25, 0.3) is 10.0 Å². The molecule has 6 nitrogen and oxygen atoms in total. The highest BCUT2D eigenvalue weighted by atomic mass is 35.5. The van der Waals surface area contributed by atoms with Crippen LogP contribution < -0.4 is 5.73 Å². The smallest absolute Gasteiger partial charge is 0.286 e. The molecule has 0 aliphatic carbocycles. The van der Waals surface area contributed by atoms with Crippen molar-refractivity contribution in [2.75, 3.05) is 5.73 Å². The third kappa shape index (κ3) is 4.09. The molecular formula is C15H12Cl2N4O2S2. The molecule has 3 rings (SSSR count). The van der Waals surface area contributed by atoms with Crippen LogP contribution in [0.15, 0.2) is 58.6 Å². The van der Waals surface area contributed by atoms with E-state index in [0.717, 1.165) is 5.56 Å². The summed E-state index contributed by atoms with van der Waals surface area (Å²) in [6.45, 7) is 0. The van der Waals surface area contributed by atoms with E-state index in [9.17, 15) is 8.42 Å². The second-order valence-corrected chi connectivity index (χ2v) is 8.56. The highest BCUT2D eigenvalue weighted by Crippen LogP contribution is 2.24. The zero-order valence-electron chi connectivity index (χ0n) is 12.6. The third-order valence-electron chi connectivity index (χ3n) is 3.19. The SMILES string of the molecule is Nc1nc(SCc2ccc(Cl)cc2)nn1S(=O)(=O)c1cccc(Cl)c1. The van der Waals surface area contributed by atoms with Gasteiger partial charge in [0.15, 0.2) is 0 Å². The Morgan fingerprint density at radius 2 is 1.80 bits per heavy atom. The number of benzene rings is 2. The molecule has 0 bridgehead atoms. The van der Waals surface area contributed by atoms with E-state index in [1.165, 1.54) is 23.9 Å². The van der Waals surface area contributed by atoms with E-state index >= 15 is 0 Å². The second-order valence-electron chi connectivity index (χ2n) is 4.97. The summed E-state index contributed by atoms with van der Waals surface area (Å²) in [7, 11) is -3.96. The molecule has 130 valence electrons. The molecule has 0 atom stereocenters. The lowest BCUT2D eigenvalue weighted by Crippen LogP contribution is -2.17. The monoisotopic (exact) mass is 414 g/mol. The van der Waals surface area contributed by atoms with E-state index in [1.807, 2.05) is 12.1 Å². The van der Waals surface area contributed by atoms with E-state index in [0.29, 0.717) is 19.9 Å². The molecule has 0 amide bonds. The number of thioether (sulfide) groups is 1. The van der Waals surface area contributed by atoms with Crippen molar-refractivity contribution in [1.82, 2.24) is 14.2 Å². The van der Waals surface area contributed by atoms with Gasteiger partial charge in [0, 0.05) is 15.8 Å². The molecule has 0 saturated carbocycles. The summed E-state index contributed by atoms with van der Waals surface area (Å²) < 4.78 is 26.0. The van der Waals surface area contributed by atoms with Gasteiger partial charge >= 0.3 is 0 Å². The largest absolute Gasteiger partial charge is 0.367 e. The number of nitrogens with zero attached hydrogens (tertiary/aromatic N) is 3. The summed E-state index contributed by atoms with van der Waals surface area (Å²) in [5.41, 5.74) is 6.74. The molecule has 0 fully saturated rings. The minimum Gasteiger partial charge on any atom is -0.367 e. The molecular weight excluding hydrogens is 403 g/mol. The van der Waals surface area contributed by atoms with Crippen molar-refractivity contribution in [1.29, 1.82) is 0 Å². The summed E-state index contributed by atoms with van der Waals surface area (Å²) in [5, 5.41) is 5.22. The van der Waals surface area contributed by atoms with E-state index < -0.39 is 10.0 Å². The minimum atomic E-state index is -3.96. The topological polar surface area (TPSA) is 90.9 Å². The van der Waals surface area contributed by atoms with Gasteiger partial charge in [0.05, 0.1) is 4.90 Å².